The minimum absolute atomic E-state index is 0.0834. The summed E-state index contributed by atoms with van der Waals surface area (Å²) < 4.78 is 56.7. The van der Waals surface area contributed by atoms with Gasteiger partial charge in [0.05, 0.1) is 23.9 Å². The molecule has 3 N–H and O–H groups in total. The monoisotopic (exact) mass is 957 g/mol. The average Bonchev–Trinajstić information content (AvgIpc) is 3.92. The summed E-state index contributed by atoms with van der Waals surface area (Å²) >= 11 is 0. The number of ether oxygens (including phenoxy) is 2. The summed E-state index contributed by atoms with van der Waals surface area (Å²) in [6.45, 7) is 13.9. The fourth-order valence-electron chi connectivity index (χ4n) is 10.1. The summed E-state index contributed by atoms with van der Waals surface area (Å²) in [5.74, 6) is -3.41. The summed E-state index contributed by atoms with van der Waals surface area (Å²) in [7, 11) is 2.53. The number of phenolic OH excluding ortho intramolecular Hbond substituents is 1. The molecule has 15 nitrogen and oxygen atoms in total. The summed E-state index contributed by atoms with van der Waals surface area (Å²) in [5.41, 5.74) is 5.80. The van der Waals surface area contributed by atoms with Crippen molar-refractivity contribution in [3.8, 4) is 28.1 Å². The number of esters is 1. The van der Waals surface area contributed by atoms with E-state index in [1.165, 1.54) is 35.3 Å². The van der Waals surface area contributed by atoms with Crippen LogP contribution in [-0.2, 0) is 52.8 Å². The molecule has 2 aromatic heterocycles. The van der Waals surface area contributed by atoms with Gasteiger partial charge < -0.3 is 34.3 Å². The summed E-state index contributed by atoms with van der Waals surface area (Å²) in [4.78, 5) is 76.5. The van der Waals surface area contributed by atoms with Crippen molar-refractivity contribution in [3.63, 3.8) is 0 Å². The third kappa shape index (κ3) is 10.7. The van der Waals surface area contributed by atoms with Crippen LogP contribution in [0.3, 0.4) is 0 Å². The van der Waals surface area contributed by atoms with Gasteiger partial charge in [-0.1, -0.05) is 46.4 Å². The molecule has 0 spiro atoms. The molecule has 4 amide bonds. The number of likely N-dealkylation sites (N-methyl/N-ethyl adjacent to an activating group) is 1. The maximum Gasteiger partial charge on any atom is 0.420 e. The number of alkyl halides is 3. The van der Waals surface area contributed by atoms with Gasteiger partial charge in [0.15, 0.2) is 6.10 Å². The standard InChI is InChI=1S/C51H62F3N7O8/c1-9-41(63)59-20-17-32(27-59)47(65)58(7)43(29(3)4)46(64)56-39-23-30-21-33(24-34(62)22-30)31-15-16-40-36(25-31)37(26-50(5,6)28-69-49(67)38-14-12-19-61(57-38)48(39)66)44(60(40)10-2)35-13-11-18-55-42(35)45(68-8)51(52,53)54/h9,11,13,15-16,18,21-22,24-25,29,32,38-39,43,45,57,62H,1,10,12,14,17,19-20,23,26-28H2,2-8H3,(H,56,64)/t32-,38-,39-,43-,45+/m0/s1. The van der Waals surface area contributed by atoms with Crippen molar-refractivity contribution < 1.29 is 51.7 Å². The van der Waals surface area contributed by atoms with Gasteiger partial charge in [0.2, 0.25) is 17.7 Å². The van der Waals surface area contributed by atoms with E-state index in [-0.39, 0.29) is 61.4 Å². The number of amides is 4. The topological polar surface area (TPSA) is 176 Å². The number of hydrogen-bond acceptors (Lipinski definition) is 10. The van der Waals surface area contributed by atoms with Crippen molar-refractivity contribution in [1.82, 2.24) is 35.1 Å². The largest absolute Gasteiger partial charge is 0.508 e. The number of methoxy groups -OCH3 is 1. The second-order valence-corrected chi connectivity index (χ2v) is 19.4. The molecule has 4 aromatic rings. The number of cyclic esters (lactones) is 1. The van der Waals surface area contributed by atoms with Crippen molar-refractivity contribution >= 4 is 40.5 Å². The second kappa shape index (κ2) is 20.4. The van der Waals surface area contributed by atoms with E-state index in [4.69, 9.17) is 9.47 Å². The number of aromatic nitrogens is 2. The zero-order valence-corrected chi connectivity index (χ0v) is 40.2. The molecule has 0 unspecified atom stereocenters. The second-order valence-electron chi connectivity index (χ2n) is 19.4. The van der Waals surface area contributed by atoms with Gasteiger partial charge in [-0.3, -0.25) is 34.0 Å². The number of hydrazine groups is 1. The van der Waals surface area contributed by atoms with Gasteiger partial charge >= 0.3 is 12.1 Å². The van der Waals surface area contributed by atoms with E-state index in [9.17, 15) is 42.3 Å². The number of fused-ring (bicyclic) bond motifs is 6. The lowest BCUT2D eigenvalue weighted by Gasteiger charge is -2.37. The Morgan fingerprint density at radius 3 is 2.54 bits per heavy atom. The van der Waals surface area contributed by atoms with E-state index in [0.717, 1.165) is 12.6 Å². The van der Waals surface area contributed by atoms with Crippen LogP contribution >= 0.6 is 0 Å². The van der Waals surface area contributed by atoms with Gasteiger partial charge in [0.25, 0.3) is 5.91 Å². The number of nitrogens with one attached hydrogen (secondary N) is 2. The molecule has 3 aliphatic rings. The number of pyridine rings is 1. The molecule has 3 aliphatic heterocycles. The van der Waals surface area contributed by atoms with Crippen molar-refractivity contribution in [2.45, 2.75) is 104 Å². The van der Waals surface area contributed by atoms with Crippen LogP contribution in [-0.4, -0.2) is 124 Å². The van der Waals surface area contributed by atoms with E-state index in [1.54, 1.807) is 43.0 Å². The highest BCUT2D eigenvalue weighted by Crippen LogP contribution is 2.45. The Kier molecular flexibility index (Phi) is 14.9. The Bertz CT molecular complexity index is 2630. The first-order valence-electron chi connectivity index (χ1n) is 23.4. The first kappa shape index (κ1) is 50.6. The van der Waals surface area contributed by atoms with Crippen LogP contribution in [0.4, 0.5) is 13.2 Å². The summed E-state index contributed by atoms with van der Waals surface area (Å²) in [5, 5.41) is 16.3. The number of phenols is 1. The highest BCUT2D eigenvalue weighted by Gasteiger charge is 2.45. The molecule has 5 heterocycles. The molecule has 69 heavy (non-hydrogen) atoms. The maximum absolute atomic E-state index is 14.7. The first-order valence-corrected chi connectivity index (χ1v) is 23.4. The van der Waals surface area contributed by atoms with E-state index in [1.807, 2.05) is 43.5 Å². The summed E-state index contributed by atoms with van der Waals surface area (Å²) in [6.07, 6.45) is -3.26. The highest BCUT2D eigenvalue weighted by molar-refractivity contribution is 5.96. The number of likely N-dealkylation sites (tertiary alicyclic amines) is 1. The molecule has 2 aromatic carbocycles. The molecule has 0 saturated carbocycles. The molecular weight excluding hydrogens is 896 g/mol. The van der Waals surface area contributed by atoms with Gasteiger partial charge in [-0.2, -0.15) is 13.2 Å². The van der Waals surface area contributed by atoms with Gasteiger partial charge in [-0.25, -0.2) is 5.43 Å². The van der Waals surface area contributed by atoms with Gasteiger partial charge in [0, 0.05) is 74.8 Å². The number of aryl methyl sites for hydroxylation is 1. The summed E-state index contributed by atoms with van der Waals surface area (Å²) in [6, 6.07) is 10.5. The van der Waals surface area contributed by atoms with Crippen LogP contribution in [0.25, 0.3) is 33.3 Å². The SMILES string of the molecule is C=CC(=O)N1CC[C@H](C(=O)N(C)[C@H](C(=O)N[C@H]2Cc3cc(O)cc(c3)-c3ccc4c(c3)c(c(-c3cccnc3[C@@H](OC)C(F)(F)F)n4CC)CC(C)(C)COC(=O)[C@@H]3CCCN(N3)C2=O)C(C)C)C1. The Balaban J connectivity index is 1.33. The number of carbonyl (C=O) groups is 5. The van der Waals surface area contributed by atoms with E-state index in [0.29, 0.717) is 65.7 Å². The van der Waals surface area contributed by atoms with Crippen LogP contribution in [0, 0.1) is 17.3 Å². The molecular formula is C51H62F3N7O8. The van der Waals surface area contributed by atoms with Gasteiger partial charge in [-0.15, -0.1) is 0 Å². The number of carbonyl (C=O) groups excluding carboxylic acids is 5. The normalized spacial score (nSPS) is 20.8. The van der Waals surface area contributed by atoms with Crippen LogP contribution in [0.2, 0.25) is 0 Å². The molecule has 18 heteroatoms. The quantitative estimate of drug-likeness (QED) is 0.117. The number of hydrogen-bond donors (Lipinski definition) is 3. The lowest BCUT2D eigenvalue weighted by atomic mass is 9.84. The lowest BCUT2D eigenvalue weighted by Crippen LogP contribution is -2.62. The molecule has 0 aliphatic carbocycles. The number of aromatic hydroxyl groups is 1. The van der Waals surface area contributed by atoms with E-state index in [2.05, 4.69) is 22.3 Å². The minimum Gasteiger partial charge on any atom is -0.508 e. The number of halogens is 3. The van der Waals surface area contributed by atoms with E-state index >= 15 is 0 Å². The smallest absolute Gasteiger partial charge is 0.420 e. The highest BCUT2D eigenvalue weighted by atomic mass is 19.4. The predicted octanol–water partition coefficient (Wildman–Crippen LogP) is 6.51. The van der Waals surface area contributed by atoms with Crippen LogP contribution in [0.15, 0.2) is 67.4 Å². The third-order valence-electron chi connectivity index (χ3n) is 13.4. The van der Waals surface area contributed by atoms with Crippen molar-refractivity contribution in [2.24, 2.45) is 17.3 Å². The molecule has 2 saturated heterocycles. The van der Waals surface area contributed by atoms with Crippen LogP contribution in [0.1, 0.15) is 76.8 Å². The number of benzene rings is 2. The van der Waals surface area contributed by atoms with E-state index < -0.39 is 65.4 Å². The Morgan fingerprint density at radius 2 is 1.86 bits per heavy atom. The van der Waals surface area contributed by atoms with Gasteiger partial charge in [0.1, 0.15) is 23.9 Å². The maximum atomic E-state index is 14.7. The molecule has 370 valence electrons. The molecule has 6 bridgehead atoms. The van der Waals surface area contributed by atoms with Crippen molar-refractivity contribution in [2.75, 3.05) is 40.4 Å². The lowest BCUT2D eigenvalue weighted by molar-refractivity contribution is -0.217. The van der Waals surface area contributed by atoms with Crippen LogP contribution < -0.4 is 10.7 Å². The molecule has 5 atom stereocenters. The first-order chi connectivity index (χ1) is 32.7. The van der Waals surface area contributed by atoms with Crippen molar-refractivity contribution in [3.05, 3.63) is 84.2 Å². The molecule has 0 radical (unpaired) electrons. The minimum atomic E-state index is -4.77. The van der Waals surface area contributed by atoms with Gasteiger partial charge in [-0.05, 0) is 103 Å². The number of rotatable bonds is 10. The third-order valence-corrected chi connectivity index (χ3v) is 13.4. The average molecular weight is 958 g/mol. The fraction of sp³-hybridized carbons (Fsp3) is 0.490. The Hall–Kier alpha value is -6.27. The predicted molar refractivity (Wildman–Crippen MR) is 252 cm³/mol. The fourth-order valence-corrected chi connectivity index (χ4v) is 10.1. The zero-order chi connectivity index (χ0) is 50.1. The Labute approximate surface area is 400 Å². The molecule has 2 fully saturated rings. The van der Waals surface area contributed by atoms with Crippen molar-refractivity contribution in [1.29, 1.82) is 0 Å². The zero-order valence-electron chi connectivity index (χ0n) is 40.2. The Morgan fingerprint density at radius 1 is 1.10 bits per heavy atom. The molecule has 7 rings (SSSR count). The van der Waals surface area contributed by atoms with Crippen LogP contribution in [0.5, 0.6) is 5.75 Å². The number of nitrogens with zero attached hydrogens (tertiary/aromatic N) is 5.